The summed E-state index contributed by atoms with van der Waals surface area (Å²) in [4.78, 5) is 56.9. The maximum atomic E-state index is 12.3. The van der Waals surface area contributed by atoms with Crippen molar-refractivity contribution in [2.45, 2.75) is 38.5 Å². The van der Waals surface area contributed by atoms with Crippen molar-refractivity contribution in [1.82, 2.24) is 5.32 Å². The number of thioether (sulfide) groups is 2. The first-order chi connectivity index (χ1) is 20.4. The number of amides is 1. The molecule has 2 aromatic carbocycles. The van der Waals surface area contributed by atoms with Gasteiger partial charge in [-0.05, 0) is 69.3 Å². The van der Waals surface area contributed by atoms with Crippen molar-refractivity contribution in [2.75, 3.05) is 23.0 Å². The lowest BCUT2D eigenvalue weighted by Crippen LogP contribution is -2.46. The summed E-state index contributed by atoms with van der Waals surface area (Å²) in [6.07, 6.45) is 11.0. The fourth-order valence-corrected chi connectivity index (χ4v) is 4.09. The molecule has 43 heavy (non-hydrogen) atoms. The molecule has 0 aliphatic carbocycles. The van der Waals surface area contributed by atoms with E-state index >= 15 is 0 Å². The predicted octanol–water partition coefficient (Wildman–Crippen LogP) is 3.76. The molecule has 2 atom stereocenters. The van der Waals surface area contributed by atoms with Crippen LogP contribution < -0.4 is 20.5 Å². The molecule has 12 heteroatoms. The van der Waals surface area contributed by atoms with Crippen molar-refractivity contribution in [1.29, 1.82) is 0 Å². The van der Waals surface area contributed by atoms with Crippen molar-refractivity contribution in [3.05, 3.63) is 59.7 Å². The molecule has 0 radical (unpaired) electrons. The number of hydrogen-bond acceptors (Lipinski definition) is 11. The molecular formula is C31H34N2O8S2. The van der Waals surface area contributed by atoms with E-state index < -0.39 is 35.7 Å². The van der Waals surface area contributed by atoms with E-state index in [4.69, 9.17) is 32.8 Å². The Labute approximate surface area is 260 Å². The molecule has 0 fully saturated rings. The first-order valence-corrected chi connectivity index (χ1v) is 15.0. The largest absolute Gasteiger partial charge is 0.444 e. The molecule has 3 N–H and O–H groups in total. The average Bonchev–Trinajstić information content (AvgIpc) is 2.97. The number of ether oxygens (including phenoxy) is 3. The second kappa shape index (κ2) is 19.8. The van der Waals surface area contributed by atoms with E-state index in [-0.39, 0.29) is 11.5 Å². The van der Waals surface area contributed by atoms with Crippen LogP contribution in [0.1, 0.15) is 41.5 Å². The van der Waals surface area contributed by atoms with E-state index in [0.717, 1.165) is 0 Å². The van der Waals surface area contributed by atoms with Crippen LogP contribution in [0.3, 0.4) is 0 Å². The number of nitrogens with one attached hydrogen (secondary N) is 1. The number of carbonyl (C=O) groups is 5. The zero-order chi connectivity index (χ0) is 32.3. The van der Waals surface area contributed by atoms with Crippen molar-refractivity contribution >= 4 is 54.1 Å². The summed E-state index contributed by atoms with van der Waals surface area (Å²) in [5, 5.41) is 2.49. The summed E-state index contributed by atoms with van der Waals surface area (Å²) >= 11 is 2.71. The molecule has 228 valence electrons. The van der Waals surface area contributed by atoms with Gasteiger partial charge in [-0.2, -0.15) is 0 Å². The smallest absolute Gasteiger partial charge is 0.408 e. The molecule has 0 aromatic heterocycles. The van der Waals surface area contributed by atoms with Crippen molar-refractivity contribution in [3.8, 4) is 36.2 Å². The minimum Gasteiger partial charge on any atom is -0.444 e. The van der Waals surface area contributed by atoms with Crippen LogP contribution >= 0.6 is 23.5 Å². The number of aldehydes is 2. The normalized spacial score (nSPS) is 11.6. The zero-order valence-electron chi connectivity index (χ0n) is 24.1. The van der Waals surface area contributed by atoms with E-state index in [9.17, 15) is 24.0 Å². The van der Waals surface area contributed by atoms with Gasteiger partial charge >= 0.3 is 18.0 Å². The van der Waals surface area contributed by atoms with Crippen molar-refractivity contribution in [3.63, 3.8) is 0 Å². The van der Waals surface area contributed by atoms with Gasteiger partial charge in [-0.25, -0.2) is 14.4 Å². The number of alkyl carbamates (subject to hydrolysis) is 1. The zero-order valence-corrected chi connectivity index (χ0v) is 25.7. The summed E-state index contributed by atoms with van der Waals surface area (Å²) in [7, 11) is 0. The van der Waals surface area contributed by atoms with Gasteiger partial charge in [0.15, 0.2) is 0 Å². The molecule has 0 aliphatic heterocycles. The topological polar surface area (TPSA) is 151 Å². The van der Waals surface area contributed by atoms with Crippen LogP contribution in [0.15, 0.2) is 48.5 Å². The Balaban J connectivity index is 0.000000453. The minimum absolute atomic E-state index is 0.245. The standard InChI is InChI=1S/C18H21NO5S.C13H13NO3S/c1-5-10-25-12-15(19-17(22)24-18(2,3)4)16(21)23-14-8-6-13(11-20)7-9-14;1-2-7-18-9-12(14)13(16)17-11-5-3-10(8-15)4-6-11/h1,6-9,11,15H,10,12H2,2-4H3,(H,19,22);1,3-6,8,12H,7,9,14H2. The highest BCUT2D eigenvalue weighted by atomic mass is 32.2. The van der Waals surface area contributed by atoms with E-state index in [2.05, 4.69) is 17.2 Å². The SMILES string of the molecule is C#CCSCC(N)C(=O)Oc1ccc(C=O)cc1.C#CCSCC(NC(=O)OC(C)(C)C)C(=O)Oc1ccc(C=O)cc1. The number of hydrogen-bond donors (Lipinski definition) is 2. The van der Waals surface area contributed by atoms with Crippen LogP contribution in [0.4, 0.5) is 4.79 Å². The van der Waals surface area contributed by atoms with Crippen LogP contribution in [0.25, 0.3) is 0 Å². The number of esters is 2. The van der Waals surface area contributed by atoms with Crippen LogP contribution in [-0.2, 0) is 14.3 Å². The molecule has 0 saturated carbocycles. The van der Waals surface area contributed by atoms with Gasteiger partial charge in [0, 0.05) is 22.6 Å². The Hall–Kier alpha value is -4.23. The van der Waals surface area contributed by atoms with Gasteiger partial charge in [-0.1, -0.05) is 11.8 Å². The van der Waals surface area contributed by atoms with Crippen LogP contribution in [0.2, 0.25) is 0 Å². The summed E-state index contributed by atoms with van der Waals surface area (Å²) < 4.78 is 15.5. The average molecular weight is 627 g/mol. The molecule has 2 unspecified atom stereocenters. The van der Waals surface area contributed by atoms with E-state index in [1.165, 1.54) is 47.8 Å². The molecule has 0 heterocycles. The maximum Gasteiger partial charge on any atom is 0.408 e. The van der Waals surface area contributed by atoms with Gasteiger partial charge in [0.05, 0.1) is 11.5 Å². The molecule has 0 saturated heterocycles. The molecule has 10 nitrogen and oxygen atoms in total. The fourth-order valence-electron chi connectivity index (χ4n) is 2.78. The Morgan fingerprint density at radius 1 is 0.837 bits per heavy atom. The van der Waals surface area contributed by atoms with Crippen LogP contribution in [0, 0.1) is 24.7 Å². The summed E-state index contributed by atoms with van der Waals surface area (Å²) in [6, 6.07) is 10.6. The lowest BCUT2D eigenvalue weighted by molar-refractivity contribution is -0.136. The minimum atomic E-state index is -0.918. The van der Waals surface area contributed by atoms with Crippen molar-refractivity contribution in [2.24, 2.45) is 5.73 Å². The van der Waals surface area contributed by atoms with E-state index in [1.807, 2.05) is 0 Å². The van der Waals surface area contributed by atoms with E-state index in [0.29, 0.717) is 46.7 Å². The molecule has 1 amide bonds. The number of nitrogens with two attached hydrogens (primary N) is 1. The number of rotatable bonds is 13. The third kappa shape index (κ3) is 16.1. The molecular weight excluding hydrogens is 592 g/mol. The van der Waals surface area contributed by atoms with Crippen LogP contribution in [0.5, 0.6) is 11.5 Å². The lowest BCUT2D eigenvalue weighted by Gasteiger charge is -2.22. The van der Waals surface area contributed by atoms with Gasteiger partial charge in [0.1, 0.15) is 41.8 Å². The highest BCUT2D eigenvalue weighted by molar-refractivity contribution is 7.99. The Kier molecular flexibility index (Phi) is 17.0. The monoisotopic (exact) mass is 626 g/mol. The van der Waals surface area contributed by atoms with Gasteiger partial charge in [0.2, 0.25) is 0 Å². The first kappa shape index (κ1) is 36.8. The molecule has 0 aliphatic rings. The quantitative estimate of drug-likeness (QED) is 0.110. The lowest BCUT2D eigenvalue weighted by atomic mass is 10.2. The maximum absolute atomic E-state index is 12.3. The molecule has 2 rings (SSSR count). The second-order valence-corrected chi connectivity index (χ2v) is 11.5. The summed E-state index contributed by atoms with van der Waals surface area (Å²) in [6.45, 7) is 5.17. The van der Waals surface area contributed by atoms with E-state index in [1.54, 1.807) is 45.0 Å². The molecule has 0 spiro atoms. The van der Waals surface area contributed by atoms with Gasteiger partial charge in [-0.3, -0.25) is 9.59 Å². The number of benzene rings is 2. The summed E-state index contributed by atoms with van der Waals surface area (Å²) in [5.74, 6) is 5.93. The highest BCUT2D eigenvalue weighted by Crippen LogP contribution is 2.15. The third-order valence-corrected chi connectivity index (χ3v) is 6.61. The third-order valence-electron chi connectivity index (χ3n) is 4.70. The predicted molar refractivity (Wildman–Crippen MR) is 168 cm³/mol. The second-order valence-electron chi connectivity index (χ2n) is 9.46. The number of terminal acetylenes is 2. The Morgan fingerprint density at radius 2 is 1.28 bits per heavy atom. The van der Waals surface area contributed by atoms with Crippen molar-refractivity contribution < 1.29 is 38.2 Å². The van der Waals surface area contributed by atoms with Gasteiger partial charge in [-0.15, -0.1) is 36.4 Å². The first-order valence-electron chi connectivity index (χ1n) is 12.7. The Morgan fingerprint density at radius 3 is 1.70 bits per heavy atom. The highest BCUT2D eigenvalue weighted by Gasteiger charge is 2.26. The Bertz CT molecular complexity index is 1290. The summed E-state index contributed by atoms with van der Waals surface area (Å²) in [5.41, 5.74) is 5.94. The fraction of sp³-hybridized carbons (Fsp3) is 0.323. The van der Waals surface area contributed by atoms with Gasteiger partial charge < -0.3 is 25.3 Å². The molecule has 0 bridgehead atoms. The van der Waals surface area contributed by atoms with Gasteiger partial charge in [0.25, 0.3) is 0 Å². The van der Waals surface area contributed by atoms with Crippen LogP contribution in [-0.4, -0.2) is 71.3 Å². The molecule has 2 aromatic rings. The number of carbonyl (C=O) groups excluding carboxylic acids is 5.